The van der Waals surface area contributed by atoms with Gasteiger partial charge in [-0.25, -0.2) is 9.97 Å². The zero-order valence-corrected chi connectivity index (χ0v) is 16.3. The number of phenolic OH excluding ortho intramolecular Hbond substituents is 1. The first kappa shape index (κ1) is 17.4. The highest BCUT2D eigenvalue weighted by Gasteiger charge is 2.15. The van der Waals surface area contributed by atoms with Crippen LogP contribution in [0.4, 0.5) is 5.82 Å². The van der Waals surface area contributed by atoms with Gasteiger partial charge in [0.25, 0.3) is 0 Å². The smallest absolute Gasteiger partial charge is 0.167 e. The van der Waals surface area contributed by atoms with Crippen molar-refractivity contribution < 1.29 is 9.84 Å². The molecule has 1 aromatic carbocycles. The molecule has 0 spiro atoms. The lowest BCUT2D eigenvalue weighted by Gasteiger charge is -2.03. The van der Waals surface area contributed by atoms with E-state index in [9.17, 15) is 5.11 Å². The van der Waals surface area contributed by atoms with Crippen LogP contribution in [0.25, 0.3) is 20.7 Å². The monoisotopic (exact) mass is 396 g/mol. The summed E-state index contributed by atoms with van der Waals surface area (Å²) in [6.07, 6.45) is 3.16. The standard InChI is InChI=1S/C19H16N4O2S2/c1-11-16-18(27-17(11)13-5-6-26-9-13)19(21-10-20-16)23-22-8-12-3-4-15(25-2)14(24)7-12/h3-10,24H,1-2H3,(H,20,21,23)/b22-8+. The van der Waals surface area contributed by atoms with Gasteiger partial charge in [0.15, 0.2) is 17.3 Å². The lowest BCUT2D eigenvalue weighted by atomic mass is 10.2. The maximum atomic E-state index is 9.85. The SMILES string of the molecule is COc1ccc(/C=N/Nc2ncnc3c(C)c(-c4ccsc4)sc23)cc1O. The Morgan fingerprint density at radius 2 is 2.15 bits per heavy atom. The van der Waals surface area contributed by atoms with Crippen LogP contribution in [0.1, 0.15) is 11.1 Å². The number of hydrogen-bond acceptors (Lipinski definition) is 8. The normalized spacial score (nSPS) is 11.3. The third kappa shape index (κ3) is 3.36. The van der Waals surface area contributed by atoms with Crippen LogP contribution in [-0.2, 0) is 0 Å². The van der Waals surface area contributed by atoms with Crippen LogP contribution >= 0.6 is 22.7 Å². The summed E-state index contributed by atoms with van der Waals surface area (Å²) in [6, 6.07) is 7.19. The number of hydrazone groups is 1. The summed E-state index contributed by atoms with van der Waals surface area (Å²) in [4.78, 5) is 9.95. The molecule has 8 heteroatoms. The Kier molecular flexibility index (Phi) is 4.74. The van der Waals surface area contributed by atoms with Crippen molar-refractivity contribution >= 4 is 44.9 Å². The van der Waals surface area contributed by atoms with Gasteiger partial charge in [0.2, 0.25) is 0 Å². The second kappa shape index (κ2) is 7.34. The summed E-state index contributed by atoms with van der Waals surface area (Å²) < 4.78 is 6.00. The van der Waals surface area contributed by atoms with Crippen molar-refractivity contribution in [2.75, 3.05) is 12.5 Å². The molecule has 3 heterocycles. The van der Waals surface area contributed by atoms with Gasteiger partial charge < -0.3 is 9.84 Å². The second-order valence-corrected chi connectivity index (χ2v) is 7.57. The van der Waals surface area contributed by atoms with Gasteiger partial charge in [-0.05, 0) is 53.1 Å². The molecule has 0 unspecified atom stereocenters. The molecule has 136 valence electrons. The fourth-order valence-corrected chi connectivity index (χ4v) is 4.65. The molecule has 0 fully saturated rings. The van der Waals surface area contributed by atoms with Crippen LogP contribution in [0.15, 0.2) is 46.5 Å². The summed E-state index contributed by atoms with van der Waals surface area (Å²) in [5.41, 5.74) is 7.00. The Hall–Kier alpha value is -2.97. The number of anilines is 1. The van der Waals surface area contributed by atoms with Gasteiger partial charge in [-0.1, -0.05) is 0 Å². The van der Waals surface area contributed by atoms with Gasteiger partial charge in [0.05, 0.1) is 23.5 Å². The lowest BCUT2D eigenvalue weighted by molar-refractivity contribution is 0.373. The summed E-state index contributed by atoms with van der Waals surface area (Å²) in [5.74, 6) is 1.15. The number of ether oxygens (including phenoxy) is 1. The van der Waals surface area contributed by atoms with Crippen LogP contribution in [0.2, 0.25) is 0 Å². The van der Waals surface area contributed by atoms with Crippen LogP contribution in [0, 0.1) is 6.92 Å². The first-order valence-electron chi connectivity index (χ1n) is 8.10. The number of fused-ring (bicyclic) bond motifs is 1. The first-order chi connectivity index (χ1) is 13.2. The third-order valence-corrected chi connectivity index (χ3v) is 6.09. The Morgan fingerprint density at radius 3 is 2.89 bits per heavy atom. The fraction of sp³-hybridized carbons (Fsp3) is 0.105. The summed E-state index contributed by atoms with van der Waals surface area (Å²) >= 11 is 3.33. The van der Waals surface area contributed by atoms with Gasteiger partial charge in [0, 0.05) is 10.4 Å². The molecule has 3 aromatic heterocycles. The number of phenols is 1. The van der Waals surface area contributed by atoms with Crippen molar-refractivity contribution in [2.45, 2.75) is 6.92 Å². The molecular weight excluding hydrogens is 380 g/mol. The van der Waals surface area contributed by atoms with E-state index in [1.54, 1.807) is 41.0 Å². The molecule has 0 aliphatic carbocycles. The molecular formula is C19H16N4O2S2. The van der Waals surface area contributed by atoms with E-state index in [1.165, 1.54) is 23.9 Å². The Bertz CT molecular complexity index is 1120. The molecule has 0 bridgehead atoms. The maximum Gasteiger partial charge on any atom is 0.167 e. The number of nitrogens with one attached hydrogen (secondary N) is 1. The van der Waals surface area contributed by atoms with Gasteiger partial charge in [-0.2, -0.15) is 16.4 Å². The Balaban J connectivity index is 1.62. The zero-order chi connectivity index (χ0) is 18.8. The number of hydrogen-bond donors (Lipinski definition) is 2. The van der Waals surface area contributed by atoms with E-state index in [1.807, 2.05) is 6.07 Å². The van der Waals surface area contributed by atoms with Gasteiger partial charge >= 0.3 is 0 Å². The molecule has 2 N–H and O–H groups in total. The van der Waals surface area contributed by atoms with E-state index in [0.29, 0.717) is 11.6 Å². The number of aromatic hydroxyl groups is 1. The predicted octanol–water partition coefficient (Wildman–Crippen LogP) is 4.89. The number of rotatable bonds is 5. The maximum absolute atomic E-state index is 9.85. The van der Waals surface area contributed by atoms with Gasteiger partial charge in [0.1, 0.15) is 6.33 Å². The topological polar surface area (TPSA) is 79.6 Å². The molecule has 0 aliphatic heterocycles. The van der Waals surface area contributed by atoms with Crippen molar-refractivity contribution in [3.05, 3.63) is 52.5 Å². The minimum absolute atomic E-state index is 0.0696. The average molecular weight is 396 g/mol. The van der Waals surface area contributed by atoms with Crippen molar-refractivity contribution in [1.29, 1.82) is 0 Å². The van der Waals surface area contributed by atoms with Crippen molar-refractivity contribution in [3.8, 4) is 21.9 Å². The Labute approximate surface area is 163 Å². The molecule has 0 saturated heterocycles. The highest BCUT2D eigenvalue weighted by molar-refractivity contribution is 7.23. The van der Waals surface area contributed by atoms with E-state index in [4.69, 9.17) is 4.74 Å². The number of aromatic nitrogens is 2. The molecule has 27 heavy (non-hydrogen) atoms. The highest BCUT2D eigenvalue weighted by atomic mass is 32.1. The highest BCUT2D eigenvalue weighted by Crippen LogP contribution is 2.40. The van der Waals surface area contributed by atoms with Gasteiger partial charge in [-0.3, -0.25) is 5.43 Å². The summed E-state index contributed by atoms with van der Waals surface area (Å²) in [5, 5.41) is 18.3. The van der Waals surface area contributed by atoms with E-state index in [0.717, 1.165) is 21.3 Å². The van der Waals surface area contributed by atoms with Crippen molar-refractivity contribution in [3.63, 3.8) is 0 Å². The van der Waals surface area contributed by atoms with E-state index in [2.05, 4.69) is 44.2 Å². The largest absolute Gasteiger partial charge is 0.504 e. The summed E-state index contributed by atoms with van der Waals surface area (Å²) in [7, 11) is 1.51. The molecule has 6 nitrogen and oxygen atoms in total. The van der Waals surface area contributed by atoms with Gasteiger partial charge in [-0.15, -0.1) is 11.3 Å². The fourth-order valence-electron chi connectivity index (χ4n) is 2.73. The van der Waals surface area contributed by atoms with Crippen LogP contribution in [0.3, 0.4) is 0 Å². The average Bonchev–Trinajstić information content (AvgIpc) is 3.31. The molecule has 0 atom stereocenters. The van der Waals surface area contributed by atoms with Crippen molar-refractivity contribution in [2.24, 2.45) is 5.10 Å². The van der Waals surface area contributed by atoms with E-state index < -0.39 is 0 Å². The van der Waals surface area contributed by atoms with E-state index >= 15 is 0 Å². The van der Waals surface area contributed by atoms with Crippen molar-refractivity contribution in [1.82, 2.24) is 9.97 Å². The number of methoxy groups -OCH3 is 1. The molecule has 0 saturated carbocycles. The molecule has 0 amide bonds. The quantitative estimate of drug-likeness (QED) is 0.371. The Morgan fingerprint density at radius 1 is 1.26 bits per heavy atom. The zero-order valence-electron chi connectivity index (χ0n) is 14.6. The number of nitrogens with zero attached hydrogens (tertiary/aromatic N) is 3. The van der Waals surface area contributed by atoms with Crippen LogP contribution in [0.5, 0.6) is 11.5 Å². The van der Waals surface area contributed by atoms with Crippen LogP contribution < -0.4 is 10.2 Å². The number of aryl methyl sites for hydroxylation is 1. The number of benzene rings is 1. The van der Waals surface area contributed by atoms with E-state index in [-0.39, 0.29) is 5.75 Å². The predicted molar refractivity (Wildman–Crippen MR) is 111 cm³/mol. The first-order valence-corrected chi connectivity index (χ1v) is 9.86. The minimum atomic E-state index is 0.0696. The third-order valence-electron chi connectivity index (χ3n) is 4.07. The number of thiophene rings is 2. The van der Waals surface area contributed by atoms with Crippen LogP contribution in [-0.4, -0.2) is 28.4 Å². The molecule has 4 rings (SSSR count). The molecule has 4 aromatic rings. The molecule has 0 aliphatic rings. The molecule has 0 radical (unpaired) electrons. The summed E-state index contributed by atoms with van der Waals surface area (Å²) in [6.45, 7) is 2.08. The minimum Gasteiger partial charge on any atom is -0.504 e. The second-order valence-electron chi connectivity index (χ2n) is 5.77. The lowest BCUT2D eigenvalue weighted by Crippen LogP contribution is -1.95.